The van der Waals surface area contributed by atoms with Gasteiger partial charge in [-0.2, -0.15) is 0 Å². The van der Waals surface area contributed by atoms with Crippen LogP contribution in [0, 0.1) is 11.8 Å². The number of hydrogen-bond donors (Lipinski definition) is 3. The summed E-state index contributed by atoms with van der Waals surface area (Å²) in [6.07, 6.45) is 5.68. The van der Waals surface area contributed by atoms with Crippen LogP contribution in [-0.2, 0) is 24.6 Å². The first-order chi connectivity index (χ1) is 16.8. The fraction of sp³-hybridized carbons (Fsp3) is 0.500. The zero-order valence-electron chi connectivity index (χ0n) is 22.6. The molecule has 0 saturated heterocycles. The van der Waals surface area contributed by atoms with E-state index in [4.69, 9.17) is 0 Å². The second-order valence-electron chi connectivity index (χ2n) is 10.4. The van der Waals surface area contributed by atoms with Crippen LogP contribution in [0.15, 0.2) is 48.2 Å². The van der Waals surface area contributed by atoms with Gasteiger partial charge >= 0.3 is 0 Å². The minimum absolute atomic E-state index is 0.143. The fourth-order valence-corrected chi connectivity index (χ4v) is 4.50. The van der Waals surface area contributed by atoms with E-state index in [9.17, 15) is 19.2 Å². The molecule has 8 nitrogen and oxygen atoms in total. The molecule has 0 radical (unpaired) electrons. The van der Waals surface area contributed by atoms with Gasteiger partial charge in [0.25, 0.3) is 0 Å². The minimum Gasteiger partial charge on any atom is -0.344 e. The predicted octanol–water partition coefficient (Wildman–Crippen LogP) is 3.51. The van der Waals surface area contributed by atoms with Gasteiger partial charge in [0.2, 0.25) is 23.6 Å². The molecule has 0 saturated carbocycles. The van der Waals surface area contributed by atoms with E-state index in [1.165, 1.54) is 18.0 Å². The number of likely N-dealkylation sites (N-methyl/N-ethyl adjacent to an activating group) is 1. The molecule has 0 unspecified atom stereocenters. The zero-order chi connectivity index (χ0) is 27.2. The van der Waals surface area contributed by atoms with Crippen LogP contribution in [0.2, 0.25) is 0 Å². The summed E-state index contributed by atoms with van der Waals surface area (Å²) in [5.74, 6) is -1.49. The number of fused-ring (bicyclic) bond motifs is 1. The van der Waals surface area contributed by atoms with Gasteiger partial charge < -0.3 is 20.9 Å². The molecule has 1 aromatic rings. The molecule has 0 fully saturated rings. The van der Waals surface area contributed by atoms with Crippen LogP contribution in [0.5, 0.6) is 0 Å². The first-order valence-corrected chi connectivity index (χ1v) is 12.4. The highest BCUT2D eigenvalue weighted by atomic mass is 16.2. The Kier molecular flexibility index (Phi) is 9.62. The second kappa shape index (κ2) is 12.0. The number of nitrogens with one attached hydrogen (secondary N) is 3. The van der Waals surface area contributed by atoms with Gasteiger partial charge in [-0.25, -0.2) is 0 Å². The molecule has 1 aliphatic rings. The Hall–Kier alpha value is -3.42. The van der Waals surface area contributed by atoms with Crippen LogP contribution in [0.3, 0.4) is 0 Å². The number of carbonyl (C=O) groups excluding carboxylic acids is 4. The summed E-state index contributed by atoms with van der Waals surface area (Å²) in [5.41, 5.74) is 1.73. The number of hydrogen-bond acceptors (Lipinski definition) is 4. The third-order valence-electron chi connectivity index (χ3n) is 6.44. The topological polar surface area (TPSA) is 108 Å². The van der Waals surface area contributed by atoms with Crippen LogP contribution in [0.4, 0.5) is 5.69 Å². The highest BCUT2D eigenvalue weighted by Crippen LogP contribution is 2.41. The van der Waals surface area contributed by atoms with Crippen molar-refractivity contribution in [2.24, 2.45) is 11.8 Å². The second-order valence-corrected chi connectivity index (χ2v) is 10.4. The van der Waals surface area contributed by atoms with Gasteiger partial charge in [0.05, 0.1) is 5.41 Å². The summed E-state index contributed by atoms with van der Waals surface area (Å²) < 4.78 is 0. The molecule has 1 aromatic carbocycles. The zero-order valence-corrected chi connectivity index (χ0v) is 22.6. The molecular formula is C28H40N4O4. The third kappa shape index (κ3) is 6.42. The summed E-state index contributed by atoms with van der Waals surface area (Å²) in [6.45, 7) is 12.7. The Bertz CT molecular complexity index is 1060. The summed E-state index contributed by atoms with van der Waals surface area (Å²) in [4.78, 5) is 52.6. The molecule has 0 spiro atoms. The number of nitrogens with zero attached hydrogens (tertiary/aromatic N) is 1. The summed E-state index contributed by atoms with van der Waals surface area (Å²) in [6, 6.07) is 6.03. The number of allylic oxidation sites excluding steroid dienone is 2. The maximum Gasteiger partial charge on any atom is 0.246 e. The number of amides is 4. The lowest BCUT2D eigenvalue weighted by molar-refractivity contribution is -0.143. The van der Waals surface area contributed by atoms with E-state index in [-0.39, 0.29) is 35.5 Å². The Morgan fingerprint density at radius 3 is 2.25 bits per heavy atom. The highest BCUT2D eigenvalue weighted by molar-refractivity contribution is 6.08. The first-order valence-electron chi connectivity index (χ1n) is 12.4. The monoisotopic (exact) mass is 496 g/mol. The van der Waals surface area contributed by atoms with Crippen LogP contribution in [-0.4, -0.2) is 47.7 Å². The van der Waals surface area contributed by atoms with Crippen molar-refractivity contribution in [1.82, 2.24) is 15.5 Å². The van der Waals surface area contributed by atoms with Crippen LogP contribution >= 0.6 is 0 Å². The molecule has 36 heavy (non-hydrogen) atoms. The summed E-state index contributed by atoms with van der Waals surface area (Å²) in [7, 11) is 1.57. The smallest absolute Gasteiger partial charge is 0.246 e. The van der Waals surface area contributed by atoms with E-state index in [0.29, 0.717) is 6.42 Å². The van der Waals surface area contributed by atoms with Gasteiger partial charge in [-0.3, -0.25) is 19.2 Å². The lowest BCUT2D eigenvalue weighted by atomic mass is 9.78. The van der Waals surface area contributed by atoms with E-state index in [1.807, 2.05) is 71.9 Å². The number of benzene rings is 1. The van der Waals surface area contributed by atoms with Crippen molar-refractivity contribution >= 4 is 29.3 Å². The normalized spacial score (nSPS) is 18.4. The van der Waals surface area contributed by atoms with Gasteiger partial charge in [0.15, 0.2) is 0 Å². The maximum absolute atomic E-state index is 13.3. The maximum atomic E-state index is 13.3. The van der Waals surface area contributed by atoms with E-state index in [2.05, 4.69) is 16.0 Å². The van der Waals surface area contributed by atoms with Gasteiger partial charge in [-0.1, -0.05) is 57.5 Å². The Morgan fingerprint density at radius 2 is 1.69 bits per heavy atom. The molecule has 196 valence electrons. The van der Waals surface area contributed by atoms with Crippen molar-refractivity contribution in [3.05, 3.63) is 53.8 Å². The van der Waals surface area contributed by atoms with E-state index >= 15 is 0 Å². The SMILES string of the molecule is CC(=O)N[C@H](C(=O)N(C)[C@H](C(=O)NC=C[C@@]1(CC=C(C)C)C(=O)Nc2ccccc21)C(C)C)C(C)C. The molecule has 0 aromatic heterocycles. The Morgan fingerprint density at radius 1 is 1.06 bits per heavy atom. The lowest BCUT2D eigenvalue weighted by Gasteiger charge is -2.34. The molecule has 3 N–H and O–H groups in total. The van der Waals surface area contributed by atoms with Crippen LogP contribution < -0.4 is 16.0 Å². The van der Waals surface area contributed by atoms with Gasteiger partial charge in [0, 0.05) is 25.9 Å². The third-order valence-corrected chi connectivity index (χ3v) is 6.44. The molecule has 8 heteroatoms. The molecule has 2 rings (SSSR count). The van der Waals surface area contributed by atoms with Crippen molar-refractivity contribution in [2.45, 2.75) is 72.4 Å². The standard InChI is InChI=1S/C28H40N4O4/c1-17(2)13-14-28(21-11-9-10-12-22(21)31-27(28)36)15-16-29-25(34)24(19(5)6)32(8)26(35)23(18(3)4)30-20(7)33/h9-13,15-16,18-19,23-24H,14H2,1-8H3,(H,29,34)(H,30,33)(H,31,36)/t23-,24-,28+/m0/s1. The molecule has 3 atom stereocenters. The van der Waals surface area contributed by atoms with Crippen molar-refractivity contribution in [1.29, 1.82) is 0 Å². The molecular weight excluding hydrogens is 456 g/mol. The van der Waals surface area contributed by atoms with E-state index in [0.717, 1.165) is 16.8 Å². The number of para-hydroxylation sites is 1. The largest absolute Gasteiger partial charge is 0.344 e. The van der Waals surface area contributed by atoms with Crippen LogP contribution in [0.25, 0.3) is 0 Å². The van der Waals surface area contributed by atoms with Crippen LogP contribution in [0.1, 0.15) is 60.5 Å². The summed E-state index contributed by atoms with van der Waals surface area (Å²) >= 11 is 0. The first kappa shape index (κ1) is 28.8. The predicted molar refractivity (Wildman–Crippen MR) is 142 cm³/mol. The molecule has 0 bridgehead atoms. The minimum atomic E-state index is -0.954. The highest BCUT2D eigenvalue weighted by Gasteiger charge is 2.44. The van der Waals surface area contributed by atoms with E-state index < -0.39 is 17.5 Å². The Balaban J connectivity index is 2.31. The summed E-state index contributed by atoms with van der Waals surface area (Å²) in [5, 5.41) is 8.43. The molecule has 4 amide bonds. The number of rotatable bonds is 10. The van der Waals surface area contributed by atoms with Crippen molar-refractivity contribution < 1.29 is 19.2 Å². The number of carbonyl (C=O) groups is 4. The van der Waals surface area contributed by atoms with Crippen molar-refractivity contribution in [2.75, 3.05) is 12.4 Å². The van der Waals surface area contributed by atoms with Crippen molar-refractivity contribution in [3.63, 3.8) is 0 Å². The fourth-order valence-electron chi connectivity index (χ4n) is 4.50. The average Bonchev–Trinajstić information content (AvgIpc) is 3.06. The van der Waals surface area contributed by atoms with Gasteiger partial charge in [-0.05, 0) is 49.8 Å². The Labute approximate surface area is 214 Å². The lowest BCUT2D eigenvalue weighted by Crippen LogP contribution is -2.56. The number of anilines is 1. The van der Waals surface area contributed by atoms with Gasteiger partial charge in [0.1, 0.15) is 12.1 Å². The van der Waals surface area contributed by atoms with Crippen molar-refractivity contribution in [3.8, 4) is 0 Å². The average molecular weight is 497 g/mol. The quantitative estimate of drug-likeness (QED) is 0.431. The molecule has 0 aliphatic carbocycles. The van der Waals surface area contributed by atoms with E-state index in [1.54, 1.807) is 13.1 Å². The van der Waals surface area contributed by atoms with Gasteiger partial charge in [-0.15, -0.1) is 0 Å². The molecule has 1 aliphatic heterocycles. The molecule has 1 heterocycles.